The van der Waals surface area contributed by atoms with Crippen LogP contribution in [0.1, 0.15) is 75.0 Å². The molecule has 9 nitrogen and oxygen atoms in total. The average molecular weight is 535 g/mol. The number of anilines is 1. The maximum Gasteiger partial charge on any atom is 0.328 e. The van der Waals surface area contributed by atoms with E-state index < -0.39 is 11.6 Å². The van der Waals surface area contributed by atoms with Crippen LogP contribution in [0.4, 0.5) is 5.82 Å². The lowest BCUT2D eigenvalue weighted by Gasteiger charge is -2.43. The van der Waals surface area contributed by atoms with Gasteiger partial charge in [0.15, 0.2) is 0 Å². The molecule has 2 aliphatic rings. The number of aromatic nitrogens is 4. The normalized spacial score (nSPS) is 16.9. The van der Waals surface area contributed by atoms with Gasteiger partial charge < -0.3 is 14.8 Å². The van der Waals surface area contributed by atoms with Crippen molar-refractivity contribution in [3.8, 4) is 0 Å². The Morgan fingerprint density at radius 1 is 1.18 bits per heavy atom. The minimum absolute atomic E-state index is 0.115. The summed E-state index contributed by atoms with van der Waals surface area (Å²) in [6.45, 7) is 10.8. The predicted molar refractivity (Wildman–Crippen MR) is 152 cm³/mol. The van der Waals surface area contributed by atoms with Gasteiger partial charge in [0, 0.05) is 62.3 Å². The topological polar surface area (TPSA) is 94.4 Å². The van der Waals surface area contributed by atoms with E-state index in [9.17, 15) is 4.79 Å². The summed E-state index contributed by atoms with van der Waals surface area (Å²) in [5, 5.41) is 8.94. The van der Waals surface area contributed by atoms with Gasteiger partial charge >= 0.3 is 5.97 Å². The zero-order valence-electron chi connectivity index (χ0n) is 24.0. The number of rotatable bonds is 10. The Balaban J connectivity index is 1.12. The molecule has 0 radical (unpaired) electrons. The van der Waals surface area contributed by atoms with Gasteiger partial charge in [0.25, 0.3) is 0 Å². The van der Waals surface area contributed by atoms with Crippen molar-refractivity contribution in [2.75, 3.05) is 31.6 Å². The SMILES string of the molecule is Cc1nn(C)c2c(C(C(=O)OC(C)(C)C)N3CC(OCCCCCc4ccc5c(n4)NCCC5)C3)cncc12. The molecule has 1 saturated heterocycles. The molecule has 0 bridgehead atoms. The third-order valence-electron chi connectivity index (χ3n) is 7.51. The fraction of sp³-hybridized carbons (Fsp3) is 0.600. The van der Waals surface area contributed by atoms with Gasteiger partial charge in [-0.05, 0) is 71.4 Å². The fourth-order valence-electron chi connectivity index (χ4n) is 5.58. The summed E-state index contributed by atoms with van der Waals surface area (Å²) in [6.07, 6.45) is 10.2. The Labute approximate surface area is 231 Å². The minimum atomic E-state index is -0.578. The van der Waals surface area contributed by atoms with E-state index in [2.05, 4.69) is 32.4 Å². The number of carbonyl (C=O) groups excluding carboxylic acids is 1. The van der Waals surface area contributed by atoms with Crippen LogP contribution in [-0.2, 0) is 34.2 Å². The number of carbonyl (C=O) groups is 1. The van der Waals surface area contributed by atoms with E-state index >= 15 is 0 Å². The lowest BCUT2D eigenvalue weighted by atomic mass is 9.99. The summed E-state index contributed by atoms with van der Waals surface area (Å²) in [4.78, 5) is 24.8. The maximum absolute atomic E-state index is 13.4. The monoisotopic (exact) mass is 534 g/mol. The van der Waals surface area contributed by atoms with Gasteiger partial charge in [-0.15, -0.1) is 0 Å². The summed E-state index contributed by atoms with van der Waals surface area (Å²) < 4.78 is 13.8. The molecule has 0 saturated carbocycles. The molecule has 0 spiro atoms. The first-order chi connectivity index (χ1) is 18.7. The molecule has 3 aromatic heterocycles. The lowest BCUT2D eigenvalue weighted by Crippen LogP contribution is -2.55. The van der Waals surface area contributed by atoms with Gasteiger partial charge in [0.2, 0.25) is 0 Å². The molecule has 210 valence electrons. The van der Waals surface area contributed by atoms with E-state index in [4.69, 9.17) is 14.5 Å². The molecule has 1 unspecified atom stereocenters. The third kappa shape index (κ3) is 6.41. The molecule has 1 fully saturated rings. The van der Waals surface area contributed by atoms with E-state index in [1.807, 2.05) is 45.6 Å². The van der Waals surface area contributed by atoms with Crippen molar-refractivity contribution in [2.45, 2.75) is 84.0 Å². The number of ether oxygens (including phenoxy) is 2. The van der Waals surface area contributed by atoms with Crippen molar-refractivity contribution in [3.63, 3.8) is 0 Å². The Morgan fingerprint density at radius 3 is 2.79 bits per heavy atom. The van der Waals surface area contributed by atoms with E-state index in [0.717, 1.165) is 73.2 Å². The molecule has 2 aliphatic heterocycles. The second-order valence-corrected chi connectivity index (χ2v) is 11.9. The summed E-state index contributed by atoms with van der Waals surface area (Å²) in [7, 11) is 1.91. The molecular weight excluding hydrogens is 492 g/mol. The first-order valence-electron chi connectivity index (χ1n) is 14.3. The number of hydrogen-bond donors (Lipinski definition) is 1. The van der Waals surface area contributed by atoms with Crippen LogP contribution in [0.3, 0.4) is 0 Å². The standard InChI is InChI=1S/C30H42N6O3/c1-20-24-16-31-17-25(26(24)35(5)34-20)27(29(37)39-30(2,3)4)36-18-23(19-36)38-15-8-6-7-11-22-13-12-21-10-9-14-32-28(21)33-22/h12-13,16-17,23,27H,6-11,14-15,18-19H2,1-5H3,(H,32,33). The molecule has 3 aromatic rings. The van der Waals surface area contributed by atoms with Crippen molar-refractivity contribution in [1.29, 1.82) is 0 Å². The molecule has 0 amide bonds. The van der Waals surface area contributed by atoms with Crippen LogP contribution in [0.5, 0.6) is 0 Å². The Bertz CT molecular complexity index is 1310. The van der Waals surface area contributed by atoms with Crippen molar-refractivity contribution >= 4 is 22.7 Å². The number of esters is 1. The van der Waals surface area contributed by atoms with Crippen LogP contribution in [-0.4, -0.2) is 68.6 Å². The van der Waals surface area contributed by atoms with Crippen molar-refractivity contribution in [2.24, 2.45) is 7.05 Å². The highest BCUT2D eigenvalue weighted by molar-refractivity contribution is 5.89. The number of nitrogens with one attached hydrogen (secondary N) is 1. The Kier molecular flexibility index (Phi) is 8.19. The smallest absolute Gasteiger partial charge is 0.328 e. The highest BCUT2D eigenvalue weighted by Crippen LogP contribution is 2.34. The highest BCUT2D eigenvalue weighted by Gasteiger charge is 2.41. The Hall–Kier alpha value is -3.04. The molecule has 39 heavy (non-hydrogen) atoms. The van der Waals surface area contributed by atoms with E-state index in [0.29, 0.717) is 13.1 Å². The van der Waals surface area contributed by atoms with Crippen molar-refractivity contribution in [3.05, 3.63) is 47.0 Å². The van der Waals surface area contributed by atoms with Crippen LogP contribution in [0.25, 0.3) is 10.9 Å². The average Bonchev–Trinajstić information content (AvgIpc) is 3.16. The van der Waals surface area contributed by atoms with Gasteiger partial charge in [-0.1, -0.05) is 12.5 Å². The van der Waals surface area contributed by atoms with Crippen molar-refractivity contribution < 1.29 is 14.3 Å². The number of unbranched alkanes of at least 4 members (excludes halogenated alkanes) is 2. The molecule has 9 heteroatoms. The zero-order chi connectivity index (χ0) is 27.6. The third-order valence-corrected chi connectivity index (χ3v) is 7.51. The first-order valence-corrected chi connectivity index (χ1v) is 14.3. The molecule has 1 N–H and O–H groups in total. The minimum Gasteiger partial charge on any atom is -0.459 e. The molecule has 5 heterocycles. The Morgan fingerprint density at radius 2 is 2.00 bits per heavy atom. The zero-order valence-corrected chi connectivity index (χ0v) is 24.0. The van der Waals surface area contributed by atoms with Crippen LogP contribution in [0.15, 0.2) is 24.5 Å². The maximum atomic E-state index is 13.4. The van der Waals surface area contributed by atoms with E-state index in [-0.39, 0.29) is 12.1 Å². The van der Waals surface area contributed by atoms with E-state index in [1.54, 1.807) is 6.20 Å². The first kappa shape index (κ1) is 27.5. The van der Waals surface area contributed by atoms with Crippen LogP contribution in [0, 0.1) is 6.92 Å². The molecule has 0 aliphatic carbocycles. The van der Waals surface area contributed by atoms with E-state index in [1.165, 1.54) is 17.7 Å². The highest BCUT2D eigenvalue weighted by atomic mass is 16.6. The largest absolute Gasteiger partial charge is 0.459 e. The number of aryl methyl sites for hydroxylation is 4. The van der Waals surface area contributed by atoms with Crippen LogP contribution in [0.2, 0.25) is 0 Å². The summed E-state index contributed by atoms with van der Waals surface area (Å²) >= 11 is 0. The summed E-state index contributed by atoms with van der Waals surface area (Å²) in [6, 6.07) is 3.86. The number of hydrogen-bond acceptors (Lipinski definition) is 8. The predicted octanol–water partition coefficient (Wildman–Crippen LogP) is 4.53. The van der Waals surface area contributed by atoms with Crippen LogP contribution >= 0.6 is 0 Å². The van der Waals surface area contributed by atoms with Gasteiger partial charge in [-0.25, -0.2) is 9.78 Å². The second kappa shape index (κ2) is 11.6. The molecule has 1 atom stereocenters. The van der Waals surface area contributed by atoms with Gasteiger partial charge in [-0.2, -0.15) is 5.10 Å². The number of fused-ring (bicyclic) bond motifs is 2. The summed E-state index contributed by atoms with van der Waals surface area (Å²) in [5.41, 5.74) is 4.57. The molecule has 0 aromatic carbocycles. The van der Waals surface area contributed by atoms with Gasteiger partial charge in [0.05, 0.1) is 17.3 Å². The number of likely N-dealkylation sites (tertiary alicyclic amines) is 1. The fourth-order valence-corrected chi connectivity index (χ4v) is 5.58. The second-order valence-electron chi connectivity index (χ2n) is 11.9. The quantitative estimate of drug-likeness (QED) is 0.300. The number of nitrogens with zero attached hydrogens (tertiary/aromatic N) is 5. The number of pyridine rings is 2. The van der Waals surface area contributed by atoms with Gasteiger partial charge in [-0.3, -0.25) is 14.6 Å². The lowest BCUT2D eigenvalue weighted by molar-refractivity contribution is -0.168. The van der Waals surface area contributed by atoms with Gasteiger partial charge in [0.1, 0.15) is 17.5 Å². The summed E-state index contributed by atoms with van der Waals surface area (Å²) in [5.74, 6) is 0.812. The molecular formula is C30H42N6O3. The van der Waals surface area contributed by atoms with Crippen molar-refractivity contribution in [1.82, 2.24) is 24.6 Å². The molecule has 5 rings (SSSR count). The van der Waals surface area contributed by atoms with Crippen LogP contribution < -0.4 is 5.32 Å².